The van der Waals surface area contributed by atoms with Gasteiger partial charge in [0.05, 0.1) is 6.04 Å². The number of nitrogens with two attached hydrogens (primary N) is 1. The minimum Gasteiger partial charge on any atom is -0.329 e. The molecular formula is C14H19FN2O. The third-order valence-electron chi connectivity index (χ3n) is 3.30. The highest BCUT2D eigenvalue weighted by atomic mass is 19.1. The lowest BCUT2D eigenvalue weighted by molar-refractivity contribution is -0.133. The Labute approximate surface area is 107 Å². The Hall–Kier alpha value is -1.42. The number of carbonyl (C=O) groups excluding carboxylic acids is 1. The van der Waals surface area contributed by atoms with E-state index in [1.54, 1.807) is 12.1 Å². The van der Waals surface area contributed by atoms with E-state index < -0.39 is 0 Å². The highest BCUT2D eigenvalue weighted by molar-refractivity contribution is 5.81. The maximum Gasteiger partial charge on any atom is 0.225 e. The lowest BCUT2D eigenvalue weighted by atomic mass is 9.97. The molecular weight excluding hydrogens is 231 g/mol. The minimum absolute atomic E-state index is 0.0596. The summed E-state index contributed by atoms with van der Waals surface area (Å²) in [6.07, 6.45) is 0.347. The Morgan fingerprint density at radius 2 is 1.83 bits per heavy atom. The SMILES string of the molecule is CC(C)(C)N1C(=O)CC(N)C1c1ccc(F)cc1. The third kappa shape index (κ3) is 2.25. The van der Waals surface area contributed by atoms with Crippen molar-refractivity contribution in [2.45, 2.75) is 44.8 Å². The van der Waals surface area contributed by atoms with Crippen molar-refractivity contribution in [1.82, 2.24) is 4.90 Å². The molecule has 2 unspecified atom stereocenters. The molecule has 2 N–H and O–H groups in total. The van der Waals surface area contributed by atoms with E-state index in [-0.39, 0.29) is 29.3 Å². The van der Waals surface area contributed by atoms with Crippen LogP contribution in [0.15, 0.2) is 24.3 Å². The van der Waals surface area contributed by atoms with Gasteiger partial charge in [0.2, 0.25) is 5.91 Å². The standard InChI is InChI=1S/C14H19FN2O/c1-14(2,3)17-12(18)8-11(16)13(17)9-4-6-10(15)7-5-9/h4-7,11,13H,8,16H2,1-3H3. The smallest absolute Gasteiger partial charge is 0.225 e. The molecule has 1 saturated heterocycles. The normalized spacial score (nSPS) is 24.7. The predicted octanol–water partition coefficient (Wildman–Crippen LogP) is 2.22. The highest BCUT2D eigenvalue weighted by Gasteiger charge is 2.43. The molecule has 1 heterocycles. The van der Waals surface area contributed by atoms with E-state index in [9.17, 15) is 9.18 Å². The molecule has 0 saturated carbocycles. The van der Waals surface area contributed by atoms with E-state index in [4.69, 9.17) is 5.73 Å². The average Bonchev–Trinajstić information content (AvgIpc) is 2.54. The van der Waals surface area contributed by atoms with Crippen molar-refractivity contribution in [3.8, 4) is 0 Å². The fourth-order valence-corrected chi connectivity index (χ4v) is 2.61. The molecule has 2 rings (SSSR count). The van der Waals surface area contributed by atoms with Crippen LogP contribution in [0.25, 0.3) is 0 Å². The fourth-order valence-electron chi connectivity index (χ4n) is 2.61. The number of amides is 1. The molecule has 1 amide bonds. The summed E-state index contributed by atoms with van der Waals surface area (Å²) >= 11 is 0. The first-order valence-corrected chi connectivity index (χ1v) is 6.14. The monoisotopic (exact) mass is 250 g/mol. The van der Waals surface area contributed by atoms with Crippen molar-refractivity contribution in [1.29, 1.82) is 0 Å². The Bertz CT molecular complexity index is 450. The molecule has 0 spiro atoms. The summed E-state index contributed by atoms with van der Waals surface area (Å²) < 4.78 is 13.0. The fraction of sp³-hybridized carbons (Fsp3) is 0.500. The zero-order valence-electron chi connectivity index (χ0n) is 11.0. The van der Waals surface area contributed by atoms with Crippen molar-refractivity contribution in [3.63, 3.8) is 0 Å². The van der Waals surface area contributed by atoms with Crippen molar-refractivity contribution >= 4 is 5.91 Å². The van der Waals surface area contributed by atoms with Crippen molar-refractivity contribution in [3.05, 3.63) is 35.6 Å². The van der Waals surface area contributed by atoms with Crippen LogP contribution in [0.2, 0.25) is 0 Å². The molecule has 3 nitrogen and oxygen atoms in total. The number of carbonyl (C=O) groups is 1. The first kappa shape index (κ1) is 13.0. The van der Waals surface area contributed by atoms with Crippen LogP contribution in [0.3, 0.4) is 0 Å². The Kier molecular flexibility index (Phi) is 3.15. The maximum absolute atomic E-state index is 13.0. The van der Waals surface area contributed by atoms with Crippen LogP contribution in [0.1, 0.15) is 38.8 Å². The van der Waals surface area contributed by atoms with E-state index in [1.807, 2.05) is 25.7 Å². The molecule has 0 aromatic heterocycles. The molecule has 4 heteroatoms. The van der Waals surface area contributed by atoms with Crippen LogP contribution in [-0.4, -0.2) is 22.4 Å². The third-order valence-corrected chi connectivity index (χ3v) is 3.30. The summed E-state index contributed by atoms with van der Waals surface area (Å²) in [6.45, 7) is 5.96. The molecule has 1 aliphatic rings. The largest absolute Gasteiger partial charge is 0.329 e. The number of rotatable bonds is 1. The lowest BCUT2D eigenvalue weighted by Gasteiger charge is -2.38. The van der Waals surface area contributed by atoms with E-state index in [0.29, 0.717) is 6.42 Å². The second-order valence-corrected chi connectivity index (χ2v) is 5.80. The van der Waals surface area contributed by atoms with Gasteiger partial charge in [0.1, 0.15) is 5.82 Å². The number of benzene rings is 1. The summed E-state index contributed by atoms with van der Waals surface area (Å²) in [6, 6.07) is 5.83. The van der Waals surface area contributed by atoms with Gasteiger partial charge in [0.25, 0.3) is 0 Å². The molecule has 18 heavy (non-hydrogen) atoms. The maximum atomic E-state index is 13.0. The van der Waals surface area contributed by atoms with Gasteiger partial charge in [-0.25, -0.2) is 4.39 Å². The van der Waals surface area contributed by atoms with E-state index in [1.165, 1.54) is 12.1 Å². The molecule has 1 aromatic rings. The van der Waals surface area contributed by atoms with Crippen molar-refractivity contribution in [2.75, 3.05) is 0 Å². The zero-order valence-corrected chi connectivity index (χ0v) is 11.0. The molecule has 0 bridgehead atoms. The minimum atomic E-state index is -0.287. The average molecular weight is 250 g/mol. The summed E-state index contributed by atoms with van der Waals surface area (Å²) in [5.74, 6) is -0.219. The van der Waals surface area contributed by atoms with E-state index in [2.05, 4.69) is 0 Å². The molecule has 2 atom stereocenters. The van der Waals surface area contributed by atoms with Gasteiger partial charge in [-0.15, -0.1) is 0 Å². The Morgan fingerprint density at radius 3 is 2.33 bits per heavy atom. The van der Waals surface area contributed by atoms with E-state index in [0.717, 1.165) is 5.56 Å². The number of hydrogen-bond acceptors (Lipinski definition) is 2. The summed E-state index contributed by atoms with van der Waals surface area (Å²) in [4.78, 5) is 13.9. The van der Waals surface area contributed by atoms with E-state index >= 15 is 0 Å². The van der Waals surface area contributed by atoms with Gasteiger partial charge < -0.3 is 10.6 Å². The summed E-state index contributed by atoms with van der Waals surface area (Å²) in [5, 5.41) is 0. The van der Waals surface area contributed by atoms with Gasteiger partial charge in [-0.3, -0.25) is 4.79 Å². The van der Waals surface area contributed by atoms with Crippen LogP contribution >= 0.6 is 0 Å². The number of nitrogens with zero attached hydrogens (tertiary/aromatic N) is 1. The van der Waals surface area contributed by atoms with Crippen LogP contribution in [0.4, 0.5) is 4.39 Å². The van der Waals surface area contributed by atoms with Crippen LogP contribution < -0.4 is 5.73 Å². The second kappa shape index (κ2) is 4.35. The van der Waals surface area contributed by atoms with Gasteiger partial charge in [-0.05, 0) is 38.5 Å². The molecule has 0 aliphatic carbocycles. The Balaban J connectivity index is 2.40. The number of likely N-dealkylation sites (tertiary alicyclic amines) is 1. The molecule has 98 valence electrons. The predicted molar refractivity (Wildman–Crippen MR) is 68.3 cm³/mol. The second-order valence-electron chi connectivity index (χ2n) is 5.80. The highest BCUT2D eigenvalue weighted by Crippen LogP contribution is 2.37. The van der Waals surface area contributed by atoms with Gasteiger partial charge in [0, 0.05) is 18.0 Å². The van der Waals surface area contributed by atoms with Gasteiger partial charge in [-0.2, -0.15) is 0 Å². The number of halogens is 1. The summed E-state index contributed by atoms with van der Waals surface area (Å²) in [7, 11) is 0. The molecule has 1 aliphatic heterocycles. The molecule has 1 fully saturated rings. The first-order valence-electron chi connectivity index (χ1n) is 6.14. The van der Waals surface area contributed by atoms with Gasteiger partial charge >= 0.3 is 0 Å². The quantitative estimate of drug-likeness (QED) is 0.830. The van der Waals surface area contributed by atoms with Gasteiger partial charge in [0.15, 0.2) is 0 Å². The number of hydrogen-bond donors (Lipinski definition) is 1. The summed E-state index contributed by atoms with van der Waals surface area (Å²) in [5.41, 5.74) is 6.68. The zero-order chi connectivity index (χ0) is 13.5. The molecule has 1 aromatic carbocycles. The van der Waals surface area contributed by atoms with Crippen LogP contribution in [0.5, 0.6) is 0 Å². The van der Waals surface area contributed by atoms with Gasteiger partial charge in [-0.1, -0.05) is 12.1 Å². The van der Waals surface area contributed by atoms with Crippen LogP contribution in [0, 0.1) is 5.82 Å². The van der Waals surface area contributed by atoms with Crippen molar-refractivity contribution < 1.29 is 9.18 Å². The van der Waals surface area contributed by atoms with Crippen molar-refractivity contribution in [2.24, 2.45) is 5.73 Å². The lowest BCUT2D eigenvalue weighted by Crippen LogP contribution is -2.45. The topological polar surface area (TPSA) is 46.3 Å². The van der Waals surface area contributed by atoms with Crippen LogP contribution in [-0.2, 0) is 4.79 Å². The molecule has 0 radical (unpaired) electrons. The first-order chi connectivity index (χ1) is 8.30. The Morgan fingerprint density at radius 1 is 1.28 bits per heavy atom.